The topological polar surface area (TPSA) is 79.3 Å². The van der Waals surface area contributed by atoms with E-state index in [0.29, 0.717) is 38.3 Å². The monoisotopic (exact) mass is 443 g/mol. The number of benzene rings is 2. The first-order valence-electron chi connectivity index (χ1n) is 11.3. The molecule has 7 heteroatoms. The quantitative estimate of drug-likeness (QED) is 0.423. The summed E-state index contributed by atoms with van der Waals surface area (Å²) in [4.78, 5) is 31.1. The Labute approximate surface area is 193 Å². The number of aromatic nitrogens is 2. The third kappa shape index (κ3) is 5.14. The highest BCUT2D eigenvalue weighted by Crippen LogP contribution is 2.21. The van der Waals surface area contributed by atoms with Crippen molar-refractivity contribution in [3.05, 3.63) is 72.6 Å². The molecule has 0 radical (unpaired) electrons. The Morgan fingerprint density at radius 3 is 2.64 bits per heavy atom. The molecule has 3 amide bonds. The maximum Gasteiger partial charge on any atom is 0.319 e. The minimum atomic E-state index is -0.251. The lowest BCUT2D eigenvalue weighted by molar-refractivity contribution is -0.131. The Bertz CT molecular complexity index is 1270. The van der Waals surface area contributed by atoms with Crippen LogP contribution in [0.1, 0.15) is 19.4 Å². The number of nitrogens with one attached hydrogen (secondary N) is 2. The number of para-hydroxylation sites is 1. The molecule has 0 aliphatic heterocycles. The number of pyridine rings is 1. The fourth-order valence-corrected chi connectivity index (χ4v) is 4.09. The number of anilines is 1. The van der Waals surface area contributed by atoms with Gasteiger partial charge in [0, 0.05) is 54.0 Å². The number of fused-ring (bicyclic) bond motifs is 2. The third-order valence-electron chi connectivity index (χ3n) is 5.85. The van der Waals surface area contributed by atoms with E-state index in [1.54, 1.807) is 6.20 Å². The minimum Gasteiger partial charge on any atom is -0.342 e. The van der Waals surface area contributed by atoms with Crippen molar-refractivity contribution in [3.63, 3.8) is 0 Å². The average molecular weight is 444 g/mol. The van der Waals surface area contributed by atoms with Gasteiger partial charge in [-0.05, 0) is 56.2 Å². The summed E-state index contributed by atoms with van der Waals surface area (Å²) < 4.78 is 1.94. The molecular formula is C26H29N5O2. The molecule has 2 aromatic carbocycles. The van der Waals surface area contributed by atoms with Gasteiger partial charge >= 0.3 is 6.03 Å². The molecule has 0 atom stereocenters. The highest BCUT2D eigenvalue weighted by Gasteiger charge is 2.12. The Morgan fingerprint density at radius 2 is 1.82 bits per heavy atom. The number of likely N-dealkylation sites (N-methyl/N-ethyl adjacent to an activating group) is 1. The summed E-state index contributed by atoms with van der Waals surface area (Å²) in [6, 6.07) is 17.5. The Kier molecular flexibility index (Phi) is 6.88. The molecular weight excluding hydrogens is 414 g/mol. The van der Waals surface area contributed by atoms with E-state index in [9.17, 15) is 9.59 Å². The maximum absolute atomic E-state index is 12.4. The predicted octanol–water partition coefficient (Wildman–Crippen LogP) is 4.42. The van der Waals surface area contributed by atoms with Crippen molar-refractivity contribution in [3.8, 4) is 0 Å². The van der Waals surface area contributed by atoms with Gasteiger partial charge in [-0.3, -0.25) is 9.78 Å². The van der Waals surface area contributed by atoms with Crippen LogP contribution in [-0.4, -0.2) is 46.0 Å². The van der Waals surface area contributed by atoms with Gasteiger partial charge in [0.15, 0.2) is 0 Å². The standard InChI is InChI=1S/C26H29N5O2/c1-3-30(4-2)24(32)18-31-16-13-21-17-22(10-11-23(21)31)29-26(33)28-15-12-20-8-5-7-19-9-6-14-27-25(19)20/h5-11,13-14,16-17H,3-4,12,15,18H2,1-2H3,(H2,28,29,33). The van der Waals surface area contributed by atoms with Crippen molar-refractivity contribution in [1.82, 2.24) is 19.8 Å². The normalized spacial score (nSPS) is 11.0. The van der Waals surface area contributed by atoms with Crippen LogP contribution in [0.25, 0.3) is 21.8 Å². The van der Waals surface area contributed by atoms with Crippen molar-refractivity contribution < 1.29 is 9.59 Å². The van der Waals surface area contributed by atoms with Crippen LogP contribution < -0.4 is 10.6 Å². The number of hydrogen-bond donors (Lipinski definition) is 2. The molecule has 4 rings (SSSR count). The zero-order valence-corrected chi connectivity index (χ0v) is 19.0. The lowest BCUT2D eigenvalue weighted by atomic mass is 10.1. The van der Waals surface area contributed by atoms with Gasteiger partial charge in [0.25, 0.3) is 0 Å². The summed E-state index contributed by atoms with van der Waals surface area (Å²) in [6.07, 6.45) is 4.40. The predicted molar refractivity (Wildman–Crippen MR) is 132 cm³/mol. The van der Waals surface area contributed by atoms with Crippen molar-refractivity contribution in [2.75, 3.05) is 25.0 Å². The molecule has 0 spiro atoms. The molecule has 2 aromatic heterocycles. The molecule has 7 nitrogen and oxygen atoms in total. The highest BCUT2D eigenvalue weighted by molar-refractivity contribution is 5.93. The van der Waals surface area contributed by atoms with Crippen LogP contribution in [0.15, 0.2) is 67.0 Å². The number of nitrogens with zero attached hydrogens (tertiary/aromatic N) is 3. The third-order valence-corrected chi connectivity index (χ3v) is 5.85. The number of urea groups is 1. The van der Waals surface area contributed by atoms with Crippen LogP contribution >= 0.6 is 0 Å². The van der Waals surface area contributed by atoms with E-state index in [1.807, 2.05) is 84.1 Å². The average Bonchev–Trinajstić information content (AvgIpc) is 3.22. The summed E-state index contributed by atoms with van der Waals surface area (Å²) in [5.74, 6) is 0.0977. The number of amides is 3. The van der Waals surface area contributed by atoms with Gasteiger partial charge in [-0.2, -0.15) is 0 Å². The van der Waals surface area contributed by atoms with E-state index in [-0.39, 0.29) is 11.9 Å². The molecule has 0 aliphatic rings. The fraction of sp³-hybridized carbons (Fsp3) is 0.269. The van der Waals surface area contributed by atoms with Crippen LogP contribution in [0.5, 0.6) is 0 Å². The van der Waals surface area contributed by atoms with Crippen molar-refractivity contribution in [1.29, 1.82) is 0 Å². The second-order valence-corrected chi connectivity index (χ2v) is 7.91. The number of carbonyl (C=O) groups excluding carboxylic acids is 2. The van der Waals surface area contributed by atoms with Gasteiger partial charge in [-0.1, -0.05) is 24.3 Å². The lowest BCUT2D eigenvalue weighted by Crippen LogP contribution is -2.33. The molecule has 0 aliphatic carbocycles. The van der Waals surface area contributed by atoms with E-state index in [1.165, 1.54) is 0 Å². The highest BCUT2D eigenvalue weighted by atomic mass is 16.2. The molecule has 0 unspecified atom stereocenters. The molecule has 170 valence electrons. The van der Waals surface area contributed by atoms with Crippen LogP contribution in [0, 0.1) is 0 Å². The van der Waals surface area contributed by atoms with E-state index in [0.717, 1.165) is 27.4 Å². The molecule has 2 N–H and O–H groups in total. The number of carbonyl (C=O) groups is 2. The summed E-state index contributed by atoms with van der Waals surface area (Å²) in [6.45, 7) is 6.19. The lowest BCUT2D eigenvalue weighted by Gasteiger charge is -2.19. The van der Waals surface area contributed by atoms with Gasteiger partial charge in [0.2, 0.25) is 5.91 Å². The van der Waals surface area contributed by atoms with Crippen LogP contribution in [-0.2, 0) is 17.8 Å². The molecule has 0 saturated heterocycles. The second kappa shape index (κ2) is 10.2. The smallest absolute Gasteiger partial charge is 0.319 e. The van der Waals surface area contributed by atoms with E-state index >= 15 is 0 Å². The maximum atomic E-state index is 12.4. The Balaban J connectivity index is 1.35. The number of rotatable bonds is 8. The van der Waals surface area contributed by atoms with Crippen molar-refractivity contribution in [2.45, 2.75) is 26.8 Å². The summed E-state index contributed by atoms with van der Waals surface area (Å²) in [5, 5.41) is 7.88. The summed E-state index contributed by atoms with van der Waals surface area (Å²) >= 11 is 0. The number of hydrogen-bond acceptors (Lipinski definition) is 3. The molecule has 4 aromatic rings. The van der Waals surface area contributed by atoms with Gasteiger partial charge < -0.3 is 20.1 Å². The first-order chi connectivity index (χ1) is 16.1. The zero-order valence-electron chi connectivity index (χ0n) is 19.0. The summed E-state index contributed by atoms with van der Waals surface area (Å²) in [5.41, 5.74) is 3.75. The van der Waals surface area contributed by atoms with E-state index < -0.39 is 0 Å². The molecule has 0 saturated carbocycles. The van der Waals surface area contributed by atoms with E-state index in [4.69, 9.17) is 0 Å². The van der Waals surface area contributed by atoms with Crippen molar-refractivity contribution >= 4 is 39.4 Å². The van der Waals surface area contributed by atoms with Crippen molar-refractivity contribution in [2.24, 2.45) is 0 Å². The SMILES string of the molecule is CCN(CC)C(=O)Cn1ccc2cc(NC(=O)NCCc3cccc4cccnc34)ccc21. The first-order valence-corrected chi connectivity index (χ1v) is 11.3. The molecule has 0 fully saturated rings. The Morgan fingerprint density at radius 1 is 1.00 bits per heavy atom. The van der Waals surface area contributed by atoms with Crippen LogP contribution in [0.2, 0.25) is 0 Å². The Hall–Kier alpha value is -3.87. The van der Waals surface area contributed by atoms with Gasteiger partial charge in [-0.15, -0.1) is 0 Å². The fourth-order valence-electron chi connectivity index (χ4n) is 4.09. The zero-order chi connectivity index (χ0) is 23.2. The van der Waals surface area contributed by atoms with E-state index in [2.05, 4.69) is 15.6 Å². The second-order valence-electron chi connectivity index (χ2n) is 7.91. The molecule has 33 heavy (non-hydrogen) atoms. The van der Waals surface area contributed by atoms with Gasteiger partial charge in [0.1, 0.15) is 6.54 Å². The minimum absolute atomic E-state index is 0.0977. The van der Waals surface area contributed by atoms with Gasteiger partial charge in [-0.25, -0.2) is 4.79 Å². The molecule has 0 bridgehead atoms. The van der Waals surface area contributed by atoms with Crippen LogP contribution in [0.4, 0.5) is 10.5 Å². The molecule has 2 heterocycles. The first kappa shape index (κ1) is 22.3. The van der Waals surface area contributed by atoms with Gasteiger partial charge in [0.05, 0.1) is 5.52 Å². The van der Waals surface area contributed by atoms with Crippen LogP contribution in [0.3, 0.4) is 0 Å². The summed E-state index contributed by atoms with van der Waals surface area (Å²) in [7, 11) is 0. The largest absolute Gasteiger partial charge is 0.342 e.